The lowest BCUT2D eigenvalue weighted by Gasteiger charge is -2.58. The number of ether oxygens (including phenoxy) is 2. The molecule has 0 bridgehead atoms. The summed E-state index contributed by atoms with van der Waals surface area (Å²) in [5.74, 6) is 1.39. The maximum absolute atomic E-state index is 6.48. The van der Waals surface area contributed by atoms with E-state index in [-0.39, 0.29) is 17.1 Å². The summed E-state index contributed by atoms with van der Waals surface area (Å²) in [5, 5.41) is 3.33. The first-order valence-corrected chi connectivity index (χ1v) is 10.4. The van der Waals surface area contributed by atoms with Crippen molar-refractivity contribution in [1.29, 1.82) is 0 Å². The van der Waals surface area contributed by atoms with Crippen LogP contribution in [0.15, 0.2) is 29.6 Å². The van der Waals surface area contributed by atoms with Crippen molar-refractivity contribution in [2.45, 2.75) is 45.4 Å². The Morgan fingerprint density at radius 2 is 2.08 bits per heavy atom. The van der Waals surface area contributed by atoms with Crippen molar-refractivity contribution >= 4 is 11.3 Å². The number of fused-ring (bicyclic) bond motifs is 3. The second-order valence-electron chi connectivity index (χ2n) is 8.79. The molecular formula is C21H26N2O2S. The van der Waals surface area contributed by atoms with Crippen LogP contribution < -0.4 is 4.74 Å². The predicted octanol–water partition coefficient (Wildman–Crippen LogP) is 4.20. The average Bonchev–Trinajstić information content (AvgIpc) is 2.98. The third-order valence-corrected chi connectivity index (χ3v) is 7.07. The zero-order valence-electron chi connectivity index (χ0n) is 15.7. The van der Waals surface area contributed by atoms with Gasteiger partial charge in [0, 0.05) is 41.9 Å². The van der Waals surface area contributed by atoms with Gasteiger partial charge in [0.2, 0.25) is 0 Å². The van der Waals surface area contributed by atoms with Gasteiger partial charge in [0.15, 0.2) is 0 Å². The Morgan fingerprint density at radius 1 is 1.27 bits per heavy atom. The smallest absolute Gasteiger partial charge is 0.125 e. The topological polar surface area (TPSA) is 34.6 Å². The first-order chi connectivity index (χ1) is 12.4. The summed E-state index contributed by atoms with van der Waals surface area (Å²) in [7, 11) is 0. The van der Waals surface area contributed by atoms with Gasteiger partial charge in [-0.1, -0.05) is 18.2 Å². The Balaban J connectivity index is 1.31. The number of nitrogens with zero attached hydrogens (tertiary/aromatic N) is 2. The van der Waals surface area contributed by atoms with Gasteiger partial charge in [-0.3, -0.25) is 4.90 Å². The minimum absolute atomic E-state index is 0.163. The molecule has 0 aliphatic carbocycles. The van der Waals surface area contributed by atoms with Gasteiger partial charge in [0.05, 0.1) is 23.4 Å². The molecule has 2 atom stereocenters. The Morgan fingerprint density at radius 3 is 2.85 bits per heavy atom. The molecule has 2 fully saturated rings. The molecular weight excluding hydrogens is 344 g/mol. The number of rotatable bonds is 2. The molecule has 4 heterocycles. The molecule has 0 amide bonds. The van der Waals surface area contributed by atoms with Crippen LogP contribution in [0, 0.1) is 18.3 Å². The van der Waals surface area contributed by atoms with Crippen LogP contribution in [0.25, 0.3) is 0 Å². The lowest BCUT2D eigenvalue weighted by Crippen LogP contribution is -2.63. The highest BCUT2D eigenvalue weighted by Crippen LogP contribution is 2.55. The summed E-state index contributed by atoms with van der Waals surface area (Å²) in [4.78, 5) is 7.11. The standard InChI is InChI=1S/C21H26N2O2S/c1-14-22-15(10-26-14)9-23-11-21(12-23)8-17-19(24-13-21)16-6-4-5-7-18(16)25-20(17,2)3/h4-7,10,17,19H,8-9,11-13H2,1-3H3/t17-,19+/m0/s1. The predicted molar refractivity (Wildman–Crippen MR) is 103 cm³/mol. The number of hydrogen-bond acceptors (Lipinski definition) is 5. The molecule has 0 radical (unpaired) electrons. The van der Waals surface area contributed by atoms with E-state index in [4.69, 9.17) is 9.47 Å². The molecule has 1 aromatic carbocycles. The molecule has 1 spiro atoms. The molecule has 0 saturated carbocycles. The molecule has 2 aromatic rings. The highest BCUT2D eigenvalue weighted by molar-refractivity contribution is 7.09. The van der Waals surface area contributed by atoms with Crippen molar-refractivity contribution in [1.82, 2.24) is 9.88 Å². The van der Waals surface area contributed by atoms with E-state index in [1.54, 1.807) is 11.3 Å². The monoisotopic (exact) mass is 370 g/mol. The van der Waals surface area contributed by atoms with E-state index in [2.05, 4.69) is 54.2 Å². The second-order valence-corrected chi connectivity index (χ2v) is 9.85. The maximum atomic E-state index is 6.48. The highest BCUT2D eigenvalue weighted by atomic mass is 32.1. The van der Waals surface area contributed by atoms with Crippen LogP contribution in [0.1, 0.15) is 42.6 Å². The van der Waals surface area contributed by atoms with Crippen LogP contribution in [-0.2, 0) is 11.3 Å². The zero-order chi connectivity index (χ0) is 17.9. The van der Waals surface area contributed by atoms with Gasteiger partial charge in [0.25, 0.3) is 0 Å². The van der Waals surface area contributed by atoms with Crippen LogP contribution in [-0.4, -0.2) is 35.2 Å². The van der Waals surface area contributed by atoms with E-state index in [1.165, 1.54) is 17.7 Å². The quantitative estimate of drug-likeness (QED) is 0.793. The first kappa shape index (κ1) is 16.7. The van der Waals surface area contributed by atoms with Crippen LogP contribution in [0.2, 0.25) is 0 Å². The maximum Gasteiger partial charge on any atom is 0.125 e. The van der Waals surface area contributed by atoms with Crippen molar-refractivity contribution < 1.29 is 9.47 Å². The van der Waals surface area contributed by atoms with Gasteiger partial charge in [-0.2, -0.15) is 0 Å². The van der Waals surface area contributed by atoms with Crippen LogP contribution in [0.4, 0.5) is 0 Å². The molecule has 2 saturated heterocycles. The van der Waals surface area contributed by atoms with Crippen molar-refractivity contribution in [2.24, 2.45) is 11.3 Å². The lowest BCUT2D eigenvalue weighted by atomic mass is 9.64. The Bertz CT molecular complexity index is 825. The zero-order valence-corrected chi connectivity index (χ0v) is 16.5. The third kappa shape index (κ3) is 2.68. The fourth-order valence-electron chi connectivity index (χ4n) is 5.04. The third-order valence-electron chi connectivity index (χ3n) is 6.25. The Labute approximate surface area is 159 Å². The van der Waals surface area contributed by atoms with Crippen molar-refractivity contribution in [3.63, 3.8) is 0 Å². The van der Waals surface area contributed by atoms with E-state index < -0.39 is 0 Å². The summed E-state index contributed by atoms with van der Waals surface area (Å²) in [5.41, 5.74) is 2.51. The van der Waals surface area contributed by atoms with E-state index in [0.29, 0.717) is 5.92 Å². The fraction of sp³-hybridized carbons (Fsp3) is 0.571. The molecule has 5 heteroatoms. The fourth-order valence-corrected chi connectivity index (χ4v) is 5.65. The lowest BCUT2D eigenvalue weighted by molar-refractivity contribution is -0.200. The summed E-state index contributed by atoms with van der Waals surface area (Å²) in [6.45, 7) is 10.5. The second kappa shape index (κ2) is 5.78. The van der Waals surface area contributed by atoms with Gasteiger partial charge in [0.1, 0.15) is 11.4 Å². The van der Waals surface area contributed by atoms with Crippen LogP contribution in [0.5, 0.6) is 5.75 Å². The number of aromatic nitrogens is 1. The molecule has 0 unspecified atom stereocenters. The van der Waals surface area contributed by atoms with Gasteiger partial charge >= 0.3 is 0 Å². The molecule has 26 heavy (non-hydrogen) atoms. The van der Waals surface area contributed by atoms with E-state index >= 15 is 0 Å². The molecule has 0 N–H and O–H groups in total. The molecule has 3 aliphatic heterocycles. The number of para-hydroxylation sites is 1. The van der Waals surface area contributed by atoms with Crippen molar-refractivity contribution in [3.05, 3.63) is 45.9 Å². The summed E-state index contributed by atoms with van der Waals surface area (Å²) in [6.07, 6.45) is 1.34. The normalized spacial score (nSPS) is 28.7. The van der Waals surface area contributed by atoms with E-state index in [9.17, 15) is 0 Å². The molecule has 3 aliphatic rings. The highest BCUT2D eigenvalue weighted by Gasteiger charge is 2.55. The van der Waals surface area contributed by atoms with Crippen molar-refractivity contribution in [2.75, 3.05) is 19.7 Å². The number of benzene rings is 1. The SMILES string of the molecule is Cc1nc(CN2CC3(CO[C@@H]4c5ccccc5OC(C)(C)[C@H]4C3)C2)cs1. The summed E-state index contributed by atoms with van der Waals surface area (Å²) >= 11 is 1.74. The minimum Gasteiger partial charge on any atom is -0.487 e. The average molecular weight is 371 g/mol. The summed E-state index contributed by atoms with van der Waals surface area (Å²) < 4.78 is 12.9. The van der Waals surface area contributed by atoms with Crippen molar-refractivity contribution in [3.8, 4) is 5.75 Å². The van der Waals surface area contributed by atoms with Gasteiger partial charge in [-0.05, 0) is 33.3 Å². The number of thiazole rings is 1. The molecule has 5 rings (SSSR count). The Hall–Kier alpha value is -1.43. The van der Waals surface area contributed by atoms with Gasteiger partial charge < -0.3 is 9.47 Å². The van der Waals surface area contributed by atoms with Crippen LogP contribution >= 0.6 is 11.3 Å². The first-order valence-electron chi connectivity index (χ1n) is 9.47. The van der Waals surface area contributed by atoms with Crippen LogP contribution in [0.3, 0.4) is 0 Å². The number of likely N-dealkylation sites (tertiary alicyclic amines) is 1. The van der Waals surface area contributed by atoms with Gasteiger partial charge in [-0.25, -0.2) is 4.98 Å². The van der Waals surface area contributed by atoms with E-state index in [1.807, 2.05) is 6.07 Å². The Kier molecular flexibility index (Phi) is 3.72. The minimum atomic E-state index is -0.196. The largest absolute Gasteiger partial charge is 0.487 e. The van der Waals surface area contributed by atoms with Gasteiger partial charge in [-0.15, -0.1) is 11.3 Å². The number of hydrogen-bond donors (Lipinski definition) is 0. The molecule has 4 nitrogen and oxygen atoms in total. The summed E-state index contributed by atoms with van der Waals surface area (Å²) in [6, 6.07) is 8.37. The molecule has 1 aromatic heterocycles. The number of aryl methyl sites for hydroxylation is 1. The molecule has 138 valence electrons. The van der Waals surface area contributed by atoms with E-state index in [0.717, 1.165) is 37.0 Å².